The maximum atomic E-state index is 10.5. The van der Waals surface area contributed by atoms with Gasteiger partial charge in [-0.15, -0.1) is 0 Å². The Balaban J connectivity index is 2.50. The van der Waals surface area contributed by atoms with Crippen LogP contribution in [0.5, 0.6) is 0 Å². The minimum absolute atomic E-state index is 0.238. The van der Waals surface area contributed by atoms with E-state index < -0.39 is 11.4 Å². The number of carboxylic acid groups (broad SMARTS) is 1. The van der Waals surface area contributed by atoms with E-state index in [9.17, 15) is 4.79 Å². The van der Waals surface area contributed by atoms with E-state index in [1.165, 1.54) is 7.11 Å². The van der Waals surface area contributed by atoms with Crippen LogP contribution in [-0.4, -0.2) is 38.0 Å². The summed E-state index contributed by atoms with van der Waals surface area (Å²) in [5.41, 5.74) is -0.755. The van der Waals surface area contributed by atoms with Crippen molar-refractivity contribution in [1.82, 2.24) is 0 Å². The highest BCUT2D eigenvalue weighted by Crippen LogP contribution is 2.27. The molecular formula is C6H10O4. The van der Waals surface area contributed by atoms with Gasteiger partial charge in [0.1, 0.15) is 5.41 Å². The first-order chi connectivity index (χ1) is 4.71. The van der Waals surface area contributed by atoms with Crippen LogP contribution >= 0.6 is 0 Å². The standard InChI is InChI=1S/C6H10O4/c1-9-2-6(5(7)8)3-10-4-6/h2-4H2,1H3,(H,7,8). The lowest BCUT2D eigenvalue weighted by molar-refractivity contribution is -0.189. The Hall–Kier alpha value is -0.610. The quantitative estimate of drug-likeness (QED) is 0.595. The van der Waals surface area contributed by atoms with Gasteiger partial charge >= 0.3 is 5.97 Å². The molecule has 4 nitrogen and oxygen atoms in total. The lowest BCUT2D eigenvalue weighted by Gasteiger charge is -2.36. The Labute approximate surface area is 58.7 Å². The van der Waals surface area contributed by atoms with Crippen LogP contribution in [0, 0.1) is 5.41 Å². The van der Waals surface area contributed by atoms with E-state index in [1.54, 1.807) is 0 Å². The van der Waals surface area contributed by atoms with Crippen LogP contribution in [-0.2, 0) is 14.3 Å². The summed E-state index contributed by atoms with van der Waals surface area (Å²) in [6.45, 7) is 0.786. The zero-order chi connectivity index (χ0) is 7.61. The summed E-state index contributed by atoms with van der Waals surface area (Å²) < 4.78 is 9.54. The molecular weight excluding hydrogens is 136 g/mol. The molecule has 0 aliphatic carbocycles. The minimum Gasteiger partial charge on any atom is -0.481 e. The number of carboxylic acids is 1. The van der Waals surface area contributed by atoms with Gasteiger partial charge in [0.25, 0.3) is 0 Å². The van der Waals surface area contributed by atoms with E-state index in [0.717, 1.165) is 0 Å². The third-order valence-electron chi connectivity index (χ3n) is 1.63. The summed E-state index contributed by atoms with van der Waals surface area (Å²) in [5, 5.41) is 8.65. The fraction of sp³-hybridized carbons (Fsp3) is 0.833. The van der Waals surface area contributed by atoms with Gasteiger partial charge < -0.3 is 14.6 Å². The second-order valence-electron chi connectivity index (χ2n) is 2.51. The molecule has 1 fully saturated rings. The van der Waals surface area contributed by atoms with E-state index in [1.807, 2.05) is 0 Å². The predicted molar refractivity (Wildman–Crippen MR) is 32.8 cm³/mol. The second-order valence-corrected chi connectivity index (χ2v) is 2.51. The SMILES string of the molecule is COCC1(C(=O)O)COC1. The van der Waals surface area contributed by atoms with E-state index in [2.05, 4.69) is 0 Å². The summed E-state index contributed by atoms with van der Waals surface area (Å²) in [5.74, 6) is -0.833. The molecule has 1 aliphatic heterocycles. The van der Waals surface area contributed by atoms with E-state index in [0.29, 0.717) is 0 Å². The maximum Gasteiger partial charge on any atom is 0.316 e. The lowest BCUT2D eigenvalue weighted by atomic mass is 9.87. The Kier molecular flexibility index (Phi) is 1.92. The van der Waals surface area contributed by atoms with Crippen molar-refractivity contribution in [1.29, 1.82) is 0 Å². The molecule has 0 aromatic carbocycles. The predicted octanol–water partition coefficient (Wildman–Crippen LogP) is -0.266. The van der Waals surface area contributed by atoms with E-state index >= 15 is 0 Å². The van der Waals surface area contributed by atoms with E-state index in [4.69, 9.17) is 14.6 Å². The molecule has 0 radical (unpaired) electrons. The zero-order valence-corrected chi connectivity index (χ0v) is 5.79. The summed E-state index contributed by atoms with van der Waals surface area (Å²) in [6, 6.07) is 0. The molecule has 1 heterocycles. The van der Waals surface area contributed by atoms with Gasteiger partial charge in [-0.25, -0.2) is 0 Å². The van der Waals surface area contributed by atoms with Gasteiger partial charge in [0, 0.05) is 7.11 Å². The normalized spacial score (nSPS) is 21.7. The molecule has 1 rings (SSSR count). The van der Waals surface area contributed by atoms with Gasteiger partial charge in [-0.05, 0) is 0 Å². The molecule has 0 saturated carbocycles. The lowest BCUT2D eigenvalue weighted by Crippen LogP contribution is -2.52. The fourth-order valence-corrected chi connectivity index (χ4v) is 0.893. The highest BCUT2D eigenvalue weighted by atomic mass is 16.5. The summed E-state index contributed by atoms with van der Waals surface area (Å²) in [6.07, 6.45) is 0. The van der Waals surface area contributed by atoms with Crippen LogP contribution in [0.25, 0.3) is 0 Å². The topological polar surface area (TPSA) is 55.8 Å². The minimum atomic E-state index is -0.833. The first-order valence-electron chi connectivity index (χ1n) is 3.01. The van der Waals surface area contributed by atoms with Crippen molar-refractivity contribution in [3.05, 3.63) is 0 Å². The first-order valence-corrected chi connectivity index (χ1v) is 3.01. The Morgan fingerprint density at radius 1 is 1.80 bits per heavy atom. The molecule has 1 saturated heterocycles. The van der Waals surface area contributed by atoms with Gasteiger partial charge in [0.2, 0.25) is 0 Å². The molecule has 0 aromatic rings. The Bertz CT molecular complexity index is 139. The molecule has 0 atom stereocenters. The van der Waals surface area contributed by atoms with Gasteiger partial charge in [-0.3, -0.25) is 4.79 Å². The van der Waals surface area contributed by atoms with Crippen LogP contribution in [0.1, 0.15) is 0 Å². The molecule has 58 valence electrons. The highest BCUT2D eigenvalue weighted by Gasteiger charge is 2.46. The van der Waals surface area contributed by atoms with Crippen LogP contribution in [0.4, 0.5) is 0 Å². The number of aliphatic carboxylic acids is 1. The maximum absolute atomic E-state index is 10.5. The van der Waals surface area contributed by atoms with Gasteiger partial charge in [0.15, 0.2) is 0 Å². The van der Waals surface area contributed by atoms with E-state index in [-0.39, 0.29) is 19.8 Å². The third-order valence-corrected chi connectivity index (χ3v) is 1.63. The smallest absolute Gasteiger partial charge is 0.316 e. The van der Waals surface area contributed by atoms with Crippen LogP contribution in [0.15, 0.2) is 0 Å². The molecule has 0 unspecified atom stereocenters. The van der Waals surface area contributed by atoms with Crippen LogP contribution in [0.3, 0.4) is 0 Å². The molecule has 0 bridgehead atoms. The van der Waals surface area contributed by atoms with Crippen molar-refractivity contribution in [3.8, 4) is 0 Å². The summed E-state index contributed by atoms with van der Waals surface area (Å²) in [4.78, 5) is 10.5. The molecule has 1 aliphatic rings. The van der Waals surface area contributed by atoms with Crippen molar-refractivity contribution >= 4 is 5.97 Å². The fourth-order valence-electron chi connectivity index (χ4n) is 0.893. The molecule has 0 spiro atoms. The molecule has 0 amide bonds. The average molecular weight is 146 g/mol. The van der Waals surface area contributed by atoms with Crippen molar-refractivity contribution in [2.45, 2.75) is 0 Å². The average Bonchev–Trinajstić information content (AvgIpc) is 1.77. The van der Waals surface area contributed by atoms with Crippen molar-refractivity contribution < 1.29 is 19.4 Å². The largest absolute Gasteiger partial charge is 0.481 e. The second kappa shape index (κ2) is 2.56. The highest BCUT2D eigenvalue weighted by molar-refractivity contribution is 5.76. The van der Waals surface area contributed by atoms with Gasteiger partial charge in [-0.1, -0.05) is 0 Å². The van der Waals surface area contributed by atoms with Crippen molar-refractivity contribution in [2.24, 2.45) is 5.41 Å². The van der Waals surface area contributed by atoms with Crippen molar-refractivity contribution in [2.75, 3.05) is 26.9 Å². The van der Waals surface area contributed by atoms with Gasteiger partial charge in [-0.2, -0.15) is 0 Å². The number of hydrogen-bond donors (Lipinski definition) is 1. The first kappa shape index (κ1) is 7.50. The summed E-state index contributed by atoms with van der Waals surface area (Å²) in [7, 11) is 1.49. The van der Waals surface area contributed by atoms with Crippen LogP contribution in [0.2, 0.25) is 0 Å². The van der Waals surface area contributed by atoms with Crippen molar-refractivity contribution in [3.63, 3.8) is 0 Å². The molecule has 1 N–H and O–H groups in total. The van der Waals surface area contributed by atoms with Gasteiger partial charge in [0.05, 0.1) is 19.8 Å². The number of rotatable bonds is 3. The molecule has 10 heavy (non-hydrogen) atoms. The number of carbonyl (C=O) groups is 1. The van der Waals surface area contributed by atoms with Crippen LogP contribution < -0.4 is 0 Å². The summed E-state index contributed by atoms with van der Waals surface area (Å²) >= 11 is 0. The third kappa shape index (κ3) is 0.998. The monoisotopic (exact) mass is 146 g/mol. The molecule has 0 aromatic heterocycles. The number of ether oxygens (including phenoxy) is 2. The number of methoxy groups -OCH3 is 1. The zero-order valence-electron chi connectivity index (χ0n) is 5.79. The Morgan fingerprint density at radius 2 is 2.40 bits per heavy atom. The Morgan fingerprint density at radius 3 is 2.50 bits per heavy atom. The number of hydrogen-bond acceptors (Lipinski definition) is 3. The molecule has 4 heteroatoms.